The number of aliphatic imine (C=N–C) groups is 1. The van der Waals surface area contributed by atoms with E-state index in [-0.39, 0.29) is 22.8 Å². The van der Waals surface area contributed by atoms with Crippen molar-refractivity contribution in [1.29, 1.82) is 0 Å². The lowest BCUT2D eigenvalue weighted by molar-refractivity contribution is -0.137. The second-order valence-corrected chi connectivity index (χ2v) is 4.76. The summed E-state index contributed by atoms with van der Waals surface area (Å²) in [6.45, 7) is 5.39. The van der Waals surface area contributed by atoms with Gasteiger partial charge in [0.05, 0.1) is 24.2 Å². The van der Waals surface area contributed by atoms with Gasteiger partial charge in [-0.05, 0) is 24.1 Å². The maximum absolute atomic E-state index is 12.6. The van der Waals surface area contributed by atoms with Crippen molar-refractivity contribution in [3.8, 4) is 0 Å². The van der Waals surface area contributed by atoms with Crippen molar-refractivity contribution < 1.29 is 22.7 Å². The molecule has 0 aliphatic heterocycles. The zero-order valence-electron chi connectivity index (χ0n) is 13.3. The normalized spacial score (nSPS) is 11.8. The van der Waals surface area contributed by atoms with Gasteiger partial charge in [-0.25, -0.2) is 9.79 Å². The van der Waals surface area contributed by atoms with Gasteiger partial charge in [0, 0.05) is 5.57 Å². The van der Waals surface area contributed by atoms with E-state index in [9.17, 15) is 18.0 Å². The van der Waals surface area contributed by atoms with Crippen LogP contribution >= 0.6 is 0 Å². The molecule has 1 aromatic carbocycles. The summed E-state index contributed by atoms with van der Waals surface area (Å²) in [5.41, 5.74) is 10.8. The third kappa shape index (κ3) is 4.61. The minimum absolute atomic E-state index is 0.0799. The Morgan fingerprint density at radius 1 is 1.25 bits per heavy atom. The summed E-state index contributed by atoms with van der Waals surface area (Å²) in [7, 11) is 1.17. The van der Waals surface area contributed by atoms with Crippen molar-refractivity contribution in [2.24, 2.45) is 16.5 Å². The Labute approximate surface area is 137 Å². The number of benzene rings is 1. The van der Waals surface area contributed by atoms with E-state index in [2.05, 4.69) is 16.3 Å². The smallest absolute Gasteiger partial charge is 0.416 e. The van der Waals surface area contributed by atoms with Gasteiger partial charge in [-0.15, -0.1) is 0 Å². The molecule has 0 saturated heterocycles. The molecule has 0 aliphatic rings. The Balaban J connectivity index is 3.26. The van der Waals surface area contributed by atoms with Crippen molar-refractivity contribution in [2.45, 2.75) is 19.5 Å². The number of carbonyl (C=O) groups excluding carboxylic acids is 1. The summed E-state index contributed by atoms with van der Waals surface area (Å²) in [5.74, 6) is -0.866. The van der Waals surface area contributed by atoms with Crippen molar-refractivity contribution in [1.82, 2.24) is 0 Å². The van der Waals surface area contributed by atoms with Gasteiger partial charge in [-0.2, -0.15) is 13.2 Å². The molecule has 1 rings (SSSR count). The van der Waals surface area contributed by atoms with Crippen LogP contribution in [-0.2, 0) is 15.7 Å². The van der Waals surface area contributed by atoms with E-state index in [1.165, 1.54) is 19.2 Å². The highest BCUT2D eigenvalue weighted by molar-refractivity contribution is 6.44. The summed E-state index contributed by atoms with van der Waals surface area (Å²) in [5, 5.41) is 0. The maximum Gasteiger partial charge on any atom is 0.416 e. The number of rotatable bonds is 5. The molecule has 0 heterocycles. The minimum atomic E-state index is -4.44. The molecule has 4 N–H and O–H groups in total. The summed E-state index contributed by atoms with van der Waals surface area (Å²) < 4.78 is 42.4. The number of carbonyl (C=O) groups is 1. The summed E-state index contributed by atoms with van der Waals surface area (Å²) in [6, 6.07) is 4.23. The first-order chi connectivity index (χ1) is 11.1. The van der Waals surface area contributed by atoms with Gasteiger partial charge in [0.2, 0.25) is 0 Å². The minimum Gasteiger partial charge on any atom is -0.464 e. The van der Waals surface area contributed by atoms with Gasteiger partial charge in [0.1, 0.15) is 0 Å². The Morgan fingerprint density at radius 3 is 2.17 bits per heavy atom. The number of nitrogens with two attached hydrogens (primary N) is 2. The summed E-state index contributed by atoms with van der Waals surface area (Å²) in [6.07, 6.45) is -4.12. The maximum atomic E-state index is 12.6. The van der Waals surface area contributed by atoms with Gasteiger partial charge in [0.25, 0.3) is 0 Å². The van der Waals surface area contributed by atoms with Crippen LogP contribution in [0.15, 0.2) is 47.2 Å². The van der Waals surface area contributed by atoms with Crippen molar-refractivity contribution in [3.05, 3.63) is 53.4 Å². The SMILES string of the molecule is C=C(/N=C(/C(=O)OC)C(CC)=C(N)N)c1ccc(C(F)(F)F)cc1. The quantitative estimate of drug-likeness (QED) is 0.636. The van der Waals surface area contributed by atoms with Crippen LogP contribution < -0.4 is 11.5 Å². The monoisotopic (exact) mass is 341 g/mol. The molecule has 0 fully saturated rings. The van der Waals surface area contributed by atoms with E-state index in [0.29, 0.717) is 12.0 Å². The standard InChI is InChI=1S/C16H18F3N3O2/c1-4-12(14(20)21)13(15(23)24-3)22-9(2)10-5-7-11(8-6-10)16(17,18)19/h5-8H,2,4,20-21H2,1,3H3/b22-13+. The number of nitrogens with zero attached hydrogens (tertiary/aromatic N) is 1. The average molecular weight is 341 g/mol. The molecule has 0 aliphatic carbocycles. The highest BCUT2D eigenvalue weighted by Crippen LogP contribution is 2.30. The first-order valence-electron chi connectivity index (χ1n) is 6.89. The van der Waals surface area contributed by atoms with E-state index < -0.39 is 17.7 Å². The Morgan fingerprint density at radius 2 is 1.79 bits per heavy atom. The van der Waals surface area contributed by atoms with Crippen LogP contribution in [0, 0.1) is 0 Å². The zero-order chi connectivity index (χ0) is 18.5. The summed E-state index contributed by atoms with van der Waals surface area (Å²) in [4.78, 5) is 15.9. The lowest BCUT2D eigenvalue weighted by Crippen LogP contribution is -2.24. The molecule has 0 atom stereocenters. The zero-order valence-corrected chi connectivity index (χ0v) is 13.3. The fraction of sp³-hybridized carbons (Fsp3) is 0.250. The van der Waals surface area contributed by atoms with Gasteiger partial charge in [-0.3, -0.25) is 0 Å². The van der Waals surface area contributed by atoms with Crippen molar-refractivity contribution >= 4 is 17.4 Å². The average Bonchev–Trinajstić information content (AvgIpc) is 2.52. The molecule has 0 aromatic heterocycles. The predicted molar refractivity (Wildman–Crippen MR) is 85.6 cm³/mol. The molecular weight excluding hydrogens is 323 g/mol. The second kappa shape index (κ2) is 7.67. The fourth-order valence-corrected chi connectivity index (χ4v) is 1.89. The van der Waals surface area contributed by atoms with Gasteiger partial charge in [0.15, 0.2) is 5.71 Å². The van der Waals surface area contributed by atoms with Gasteiger partial charge >= 0.3 is 12.1 Å². The number of hydrogen-bond acceptors (Lipinski definition) is 5. The number of halogens is 3. The van der Waals surface area contributed by atoms with Crippen LogP contribution in [0.5, 0.6) is 0 Å². The molecule has 8 heteroatoms. The molecule has 0 saturated carbocycles. The van der Waals surface area contributed by atoms with Crippen LogP contribution in [-0.4, -0.2) is 18.8 Å². The van der Waals surface area contributed by atoms with E-state index in [4.69, 9.17) is 11.5 Å². The van der Waals surface area contributed by atoms with Crippen molar-refractivity contribution in [2.75, 3.05) is 7.11 Å². The number of ether oxygens (including phenoxy) is 1. The van der Waals surface area contributed by atoms with Gasteiger partial charge < -0.3 is 16.2 Å². The van der Waals surface area contributed by atoms with Crippen LogP contribution in [0.3, 0.4) is 0 Å². The van der Waals surface area contributed by atoms with E-state index in [1.54, 1.807) is 6.92 Å². The van der Waals surface area contributed by atoms with Crippen LogP contribution in [0.4, 0.5) is 13.2 Å². The van der Waals surface area contributed by atoms with Crippen molar-refractivity contribution in [3.63, 3.8) is 0 Å². The Bertz CT molecular complexity index is 686. The molecule has 5 nitrogen and oxygen atoms in total. The van der Waals surface area contributed by atoms with Crippen LogP contribution in [0.1, 0.15) is 24.5 Å². The molecule has 0 unspecified atom stereocenters. The summed E-state index contributed by atoms with van der Waals surface area (Å²) >= 11 is 0. The molecular formula is C16H18F3N3O2. The molecule has 0 amide bonds. The molecule has 0 bridgehead atoms. The number of esters is 1. The van der Waals surface area contributed by atoms with E-state index in [1.807, 2.05) is 0 Å². The number of hydrogen-bond donors (Lipinski definition) is 2. The largest absolute Gasteiger partial charge is 0.464 e. The second-order valence-electron chi connectivity index (χ2n) is 4.76. The lowest BCUT2D eigenvalue weighted by atomic mass is 10.1. The van der Waals surface area contributed by atoms with Crippen LogP contribution in [0.2, 0.25) is 0 Å². The highest BCUT2D eigenvalue weighted by atomic mass is 19.4. The Kier molecular flexibility index (Phi) is 6.16. The molecule has 0 spiro atoms. The highest BCUT2D eigenvalue weighted by Gasteiger charge is 2.30. The third-order valence-electron chi connectivity index (χ3n) is 3.16. The third-order valence-corrected chi connectivity index (χ3v) is 3.16. The molecule has 1 aromatic rings. The molecule has 130 valence electrons. The first-order valence-corrected chi connectivity index (χ1v) is 6.89. The number of alkyl halides is 3. The van der Waals surface area contributed by atoms with E-state index >= 15 is 0 Å². The Hall–Kier alpha value is -2.77. The molecule has 24 heavy (non-hydrogen) atoms. The van der Waals surface area contributed by atoms with Gasteiger partial charge in [-0.1, -0.05) is 25.6 Å². The first kappa shape index (κ1) is 19.3. The molecule has 0 radical (unpaired) electrons. The fourth-order valence-electron chi connectivity index (χ4n) is 1.89. The topological polar surface area (TPSA) is 90.7 Å². The lowest BCUT2D eigenvalue weighted by Gasteiger charge is -2.11. The van der Waals surface area contributed by atoms with Crippen LogP contribution in [0.25, 0.3) is 5.70 Å². The van der Waals surface area contributed by atoms with E-state index in [0.717, 1.165) is 12.1 Å². The number of methoxy groups -OCH3 is 1. The predicted octanol–water partition coefficient (Wildman–Crippen LogP) is 2.83.